The number of likely N-dealkylation sites (tertiary alicyclic amines) is 1. The van der Waals surface area contributed by atoms with E-state index in [1.165, 1.54) is 0 Å². The predicted molar refractivity (Wildman–Crippen MR) is 111 cm³/mol. The maximum Gasteiger partial charge on any atom is 0.306 e. The fourth-order valence-electron chi connectivity index (χ4n) is 3.59. The summed E-state index contributed by atoms with van der Waals surface area (Å²) >= 11 is 15.9. The van der Waals surface area contributed by atoms with Crippen LogP contribution in [0.25, 0.3) is 0 Å². The van der Waals surface area contributed by atoms with E-state index in [1.807, 2.05) is 30.3 Å². The van der Waals surface area contributed by atoms with Gasteiger partial charge in [0.1, 0.15) is 5.75 Å². The zero-order valence-corrected chi connectivity index (χ0v) is 17.9. The molecule has 3 rings (SSSR count). The molecule has 0 spiro atoms. The van der Waals surface area contributed by atoms with Crippen LogP contribution in [0.5, 0.6) is 5.75 Å². The van der Waals surface area contributed by atoms with E-state index >= 15 is 0 Å². The average Bonchev–Trinajstić information content (AvgIpc) is 2.65. The zero-order chi connectivity index (χ0) is 19.6. The third kappa shape index (κ3) is 4.60. The molecule has 0 bridgehead atoms. The number of aliphatic carboxylic acids is 1. The number of carboxylic acids is 1. The molecule has 2 aromatic rings. The summed E-state index contributed by atoms with van der Waals surface area (Å²) in [7, 11) is 1.65. The first-order valence-electron chi connectivity index (χ1n) is 8.66. The lowest BCUT2D eigenvalue weighted by Gasteiger charge is -2.37. The van der Waals surface area contributed by atoms with Crippen LogP contribution in [0.2, 0.25) is 10.0 Å². The zero-order valence-electron chi connectivity index (χ0n) is 14.8. The molecular weight excluding hydrogens is 453 g/mol. The maximum absolute atomic E-state index is 11.3. The van der Waals surface area contributed by atoms with Crippen molar-refractivity contribution in [3.8, 4) is 5.75 Å². The highest BCUT2D eigenvalue weighted by Gasteiger charge is 2.32. The minimum absolute atomic E-state index is 0.109. The number of halogens is 3. The monoisotopic (exact) mass is 471 g/mol. The highest BCUT2D eigenvalue weighted by Crippen LogP contribution is 2.40. The third-order valence-electron chi connectivity index (χ3n) is 4.99. The van der Waals surface area contributed by atoms with Crippen LogP contribution in [0.4, 0.5) is 0 Å². The first-order valence-corrected chi connectivity index (χ1v) is 10.2. The molecule has 0 aliphatic carbocycles. The summed E-state index contributed by atoms with van der Waals surface area (Å²) < 4.78 is 6.55. The van der Waals surface area contributed by atoms with E-state index in [0.717, 1.165) is 21.3 Å². The van der Waals surface area contributed by atoms with Crippen LogP contribution < -0.4 is 4.74 Å². The molecule has 1 unspecified atom stereocenters. The van der Waals surface area contributed by atoms with Crippen molar-refractivity contribution in [3.05, 3.63) is 62.0 Å². The van der Waals surface area contributed by atoms with Crippen molar-refractivity contribution in [2.24, 2.45) is 5.92 Å². The van der Waals surface area contributed by atoms with Gasteiger partial charge in [-0.1, -0.05) is 45.2 Å². The van der Waals surface area contributed by atoms with Crippen molar-refractivity contribution in [2.45, 2.75) is 18.9 Å². The van der Waals surface area contributed by atoms with E-state index in [2.05, 4.69) is 20.8 Å². The Morgan fingerprint density at radius 3 is 2.48 bits per heavy atom. The highest BCUT2D eigenvalue weighted by atomic mass is 79.9. The van der Waals surface area contributed by atoms with E-state index in [4.69, 9.17) is 27.9 Å². The number of rotatable bonds is 5. The smallest absolute Gasteiger partial charge is 0.306 e. The second-order valence-electron chi connectivity index (χ2n) is 6.61. The normalized spacial score (nSPS) is 16.9. The van der Waals surface area contributed by atoms with Gasteiger partial charge in [0.2, 0.25) is 0 Å². The topological polar surface area (TPSA) is 49.8 Å². The Kier molecular flexibility index (Phi) is 6.69. The van der Waals surface area contributed by atoms with E-state index < -0.39 is 5.97 Å². The molecule has 0 saturated carbocycles. The quantitative estimate of drug-likeness (QED) is 0.610. The molecular formula is C20H20BrCl2NO3. The lowest BCUT2D eigenvalue weighted by atomic mass is 9.91. The van der Waals surface area contributed by atoms with Crippen LogP contribution >= 0.6 is 39.1 Å². The summed E-state index contributed by atoms with van der Waals surface area (Å²) in [5, 5.41) is 10.3. The van der Waals surface area contributed by atoms with Gasteiger partial charge in [-0.2, -0.15) is 0 Å². The van der Waals surface area contributed by atoms with Crippen molar-refractivity contribution >= 4 is 45.1 Å². The van der Waals surface area contributed by atoms with Crippen LogP contribution in [-0.4, -0.2) is 36.2 Å². The van der Waals surface area contributed by atoms with Gasteiger partial charge in [-0.05, 0) is 61.8 Å². The van der Waals surface area contributed by atoms with Gasteiger partial charge < -0.3 is 9.84 Å². The molecule has 144 valence electrons. The van der Waals surface area contributed by atoms with Gasteiger partial charge in [-0.15, -0.1) is 0 Å². The number of carbonyl (C=O) groups is 1. The first kappa shape index (κ1) is 20.5. The van der Waals surface area contributed by atoms with Crippen molar-refractivity contribution < 1.29 is 14.6 Å². The van der Waals surface area contributed by atoms with Gasteiger partial charge in [-0.3, -0.25) is 9.69 Å². The predicted octanol–water partition coefficient (Wildman–Crippen LogP) is 5.65. The molecule has 1 saturated heterocycles. The minimum Gasteiger partial charge on any atom is -0.496 e. The van der Waals surface area contributed by atoms with E-state index in [0.29, 0.717) is 36.0 Å². The number of ether oxygens (including phenoxy) is 1. The van der Waals surface area contributed by atoms with E-state index in [-0.39, 0.29) is 12.0 Å². The Morgan fingerprint density at radius 1 is 1.19 bits per heavy atom. The van der Waals surface area contributed by atoms with Crippen molar-refractivity contribution in [1.82, 2.24) is 4.90 Å². The van der Waals surface area contributed by atoms with Gasteiger partial charge in [-0.25, -0.2) is 0 Å². The van der Waals surface area contributed by atoms with Crippen LogP contribution in [0.15, 0.2) is 40.9 Å². The molecule has 0 aromatic heterocycles. The summed E-state index contributed by atoms with van der Waals surface area (Å²) in [5.74, 6) is -0.240. The van der Waals surface area contributed by atoms with E-state index in [9.17, 15) is 9.90 Å². The third-order valence-corrected chi connectivity index (χ3v) is 6.22. The fourth-order valence-corrected chi connectivity index (χ4v) is 4.28. The average molecular weight is 473 g/mol. The molecule has 0 amide bonds. The highest BCUT2D eigenvalue weighted by molar-refractivity contribution is 9.10. The summed E-state index contributed by atoms with van der Waals surface area (Å²) in [5.41, 5.74) is 1.99. The molecule has 0 radical (unpaired) electrons. The molecule has 1 fully saturated rings. The van der Waals surface area contributed by atoms with Gasteiger partial charge in [0.05, 0.1) is 29.1 Å². The molecule has 1 atom stereocenters. The van der Waals surface area contributed by atoms with Crippen molar-refractivity contribution in [3.63, 3.8) is 0 Å². The van der Waals surface area contributed by atoms with Crippen LogP contribution in [0.1, 0.15) is 30.0 Å². The largest absolute Gasteiger partial charge is 0.496 e. The van der Waals surface area contributed by atoms with Crippen LogP contribution in [0.3, 0.4) is 0 Å². The second-order valence-corrected chi connectivity index (χ2v) is 8.34. The Bertz CT molecular complexity index is 838. The Morgan fingerprint density at radius 2 is 1.89 bits per heavy atom. The van der Waals surface area contributed by atoms with Gasteiger partial charge in [0, 0.05) is 10.0 Å². The van der Waals surface area contributed by atoms with Crippen molar-refractivity contribution in [1.29, 1.82) is 0 Å². The van der Waals surface area contributed by atoms with Gasteiger partial charge in [0.25, 0.3) is 0 Å². The Hall–Kier alpha value is -1.27. The summed E-state index contributed by atoms with van der Waals surface area (Å²) in [6.45, 7) is 1.36. The lowest BCUT2D eigenvalue weighted by molar-refractivity contribution is -0.143. The van der Waals surface area contributed by atoms with Crippen molar-refractivity contribution in [2.75, 3.05) is 20.2 Å². The number of hydrogen-bond donors (Lipinski definition) is 1. The molecule has 1 aliphatic heterocycles. The molecule has 4 nitrogen and oxygen atoms in total. The summed E-state index contributed by atoms with van der Waals surface area (Å²) in [4.78, 5) is 13.6. The van der Waals surface area contributed by atoms with Crippen LogP contribution in [-0.2, 0) is 4.79 Å². The number of carboxylic acid groups (broad SMARTS) is 1. The number of nitrogens with zero attached hydrogens (tertiary/aromatic N) is 1. The maximum atomic E-state index is 11.3. The molecule has 7 heteroatoms. The number of benzene rings is 2. The molecule has 1 aliphatic rings. The lowest BCUT2D eigenvalue weighted by Crippen LogP contribution is -2.39. The minimum atomic E-state index is -0.722. The molecule has 1 N–H and O–H groups in total. The fraction of sp³-hybridized carbons (Fsp3) is 0.350. The second kappa shape index (κ2) is 8.82. The molecule has 2 aromatic carbocycles. The van der Waals surface area contributed by atoms with Gasteiger partial charge >= 0.3 is 5.97 Å². The number of methoxy groups -OCH3 is 1. The molecule has 27 heavy (non-hydrogen) atoms. The first-order chi connectivity index (χ1) is 12.9. The Balaban J connectivity index is 2.03. The Labute approximate surface area is 177 Å². The van der Waals surface area contributed by atoms with Gasteiger partial charge in [0.15, 0.2) is 0 Å². The summed E-state index contributed by atoms with van der Waals surface area (Å²) in [6.07, 6.45) is 1.23. The number of piperidine rings is 1. The van der Waals surface area contributed by atoms with E-state index in [1.54, 1.807) is 13.2 Å². The SMILES string of the molecule is COc1ccc(Br)cc1C(c1ccc(Cl)c(Cl)c1)N1CCC(C(=O)O)CC1. The standard InChI is InChI=1S/C20H20BrCl2NO3/c1-27-18-5-3-14(21)11-15(18)19(13-2-4-16(22)17(23)10-13)24-8-6-12(7-9-24)20(25)26/h2-5,10-12,19H,6-9H2,1H3,(H,25,26). The number of hydrogen-bond acceptors (Lipinski definition) is 3. The van der Waals surface area contributed by atoms with Crippen LogP contribution in [0, 0.1) is 5.92 Å². The summed E-state index contributed by atoms with van der Waals surface area (Å²) in [6, 6.07) is 11.4. The molecule has 1 heterocycles.